The van der Waals surface area contributed by atoms with E-state index >= 15 is 0 Å². The molecular formula is C20H41N3O. The van der Waals surface area contributed by atoms with Gasteiger partial charge in [0.25, 0.3) is 0 Å². The zero-order valence-electron chi connectivity index (χ0n) is 17.8. The predicted molar refractivity (Wildman–Crippen MR) is 102 cm³/mol. The van der Waals surface area contributed by atoms with Gasteiger partial charge in [0.1, 0.15) is 0 Å². The van der Waals surface area contributed by atoms with Gasteiger partial charge in [0.15, 0.2) is 0 Å². The van der Waals surface area contributed by atoms with E-state index in [4.69, 9.17) is 0 Å². The van der Waals surface area contributed by atoms with Crippen molar-refractivity contribution in [3.05, 3.63) is 0 Å². The third-order valence-corrected chi connectivity index (χ3v) is 7.06. The quantitative estimate of drug-likeness (QED) is 0.824. The molecule has 142 valence electrons. The molecule has 0 atom stereocenters. The highest BCUT2D eigenvalue weighted by atomic mass is 16.5. The number of hydrogen-bond donors (Lipinski definition) is 1. The number of likely N-dealkylation sites (tertiary alicyclic amines) is 1. The van der Waals surface area contributed by atoms with Crippen molar-refractivity contribution in [2.75, 3.05) is 14.1 Å². The monoisotopic (exact) mass is 339 g/mol. The topological polar surface area (TPSA) is 30.0 Å². The maximum atomic E-state index is 10.6. The summed E-state index contributed by atoms with van der Waals surface area (Å²) in [4.78, 5) is 5.18. The molecule has 0 spiro atoms. The molecule has 2 saturated heterocycles. The molecule has 2 rings (SSSR count). The van der Waals surface area contributed by atoms with E-state index in [-0.39, 0.29) is 22.2 Å². The second kappa shape index (κ2) is 5.94. The molecule has 2 heterocycles. The summed E-state index contributed by atoms with van der Waals surface area (Å²) in [6, 6.07) is 1.10. The number of hydroxylamine groups is 2. The van der Waals surface area contributed by atoms with Gasteiger partial charge in [-0.1, -0.05) is 0 Å². The molecule has 4 heteroatoms. The smallest absolute Gasteiger partial charge is 0.0425 e. The van der Waals surface area contributed by atoms with Crippen LogP contribution in [0.2, 0.25) is 0 Å². The van der Waals surface area contributed by atoms with Crippen molar-refractivity contribution < 1.29 is 5.21 Å². The van der Waals surface area contributed by atoms with Crippen molar-refractivity contribution in [1.29, 1.82) is 0 Å². The van der Waals surface area contributed by atoms with E-state index in [0.29, 0.717) is 12.1 Å². The molecule has 2 fully saturated rings. The Morgan fingerprint density at radius 2 is 1.00 bits per heavy atom. The van der Waals surface area contributed by atoms with Crippen LogP contribution in [0.15, 0.2) is 0 Å². The molecule has 24 heavy (non-hydrogen) atoms. The Labute approximate surface area is 150 Å². The van der Waals surface area contributed by atoms with E-state index in [0.717, 1.165) is 12.8 Å². The predicted octanol–water partition coefficient (Wildman–Crippen LogP) is 3.98. The summed E-state index contributed by atoms with van der Waals surface area (Å²) in [6.07, 6.45) is 4.42. The number of rotatable bonds is 2. The van der Waals surface area contributed by atoms with Gasteiger partial charge in [-0.05, 0) is 95.2 Å². The van der Waals surface area contributed by atoms with Crippen LogP contribution in [-0.2, 0) is 0 Å². The molecule has 0 radical (unpaired) electrons. The molecule has 0 amide bonds. The van der Waals surface area contributed by atoms with Crippen LogP contribution in [0.5, 0.6) is 0 Å². The summed E-state index contributed by atoms with van der Waals surface area (Å²) in [7, 11) is 4.58. The maximum absolute atomic E-state index is 10.6. The first-order chi connectivity index (χ1) is 10.6. The Hall–Kier alpha value is -0.160. The van der Waals surface area contributed by atoms with Crippen LogP contribution in [-0.4, -0.2) is 68.4 Å². The highest BCUT2D eigenvalue weighted by Crippen LogP contribution is 2.43. The summed E-state index contributed by atoms with van der Waals surface area (Å²) < 4.78 is 0. The third-order valence-electron chi connectivity index (χ3n) is 7.06. The molecule has 0 aromatic rings. The van der Waals surface area contributed by atoms with Crippen LogP contribution in [0.1, 0.15) is 81.1 Å². The second-order valence-electron chi connectivity index (χ2n) is 10.9. The van der Waals surface area contributed by atoms with Crippen LogP contribution < -0.4 is 0 Å². The molecule has 0 aliphatic carbocycles. The van der Waals surface area contributed by atoms with Gasteiger partial charge in [0.05, 0.1) is 0 Å². The van der Waals surface area contributed by atoms with Crippen molar-refractivity contribution in [3.63, 3.8) is 0 Å². The first-order valence-electron chi connectivity index (χ1n) is 9.55. The highest BCUT2D eigenvalue weighted by Gasteiger charge is 2.49. The molecule has 0 saturated carbocycles. The van der Waals surface area contributed by atoms with Crippen LogP contribution in [0, 0.1) is 0 Å². The fourth-order valence-electron chi connectivity index (χ4n) is 5.41. The Kier molecular flexibility index (Phi) is 4.99. The van der Waals surface area contributed by atoms with Gasteiger partial charge in [-0.3, -0.25) is 4.90 Å². The van der Waals surface area contributed by atoms with Crippen molar-refractivity contribution in [2.45, 2.75) is 115 Å². The normalized spacial score (nSPS) is 31.5. The summed E-state index contributed by atoms with van der Waals surface area (Å²) >= 11 is 0. The lowest BCUT2D eigenvalue weighted by Crippen LogP contribution is -2.66. The van der Waals surface area contributed by atoms with E-state index in [2.05, 4.69) is 79.3 Å². The van der Waals surface area contributed by atoms with Gasteiger partial charge in [0.2, 0.25) is 0 Å². The Morgan fingerprint density at radius 3 is 1.33 bits per heavy atom. The summed E-state index contributed by atoms with van der Waals surface area (Å²) in [5, 5.41) is 12.2. The number of piperidine rings is 2. The van der Waals surface area contributed by atoms with Gasteiger partial charge in [-0.15, -0.1) is 0 Å². The van der Waals surface area contributed by atoms with E-state index in [1.54, 1.807) is 5.06 Å². The fraction of sp³-hybridized carbons (Fsp3) is 1.00. The number of nitrogens with zero attached hydrogens (tertiary/aromatic N) is 3. The van der Waals surface area contributed by atoms with Crippen LogP contribution in [0.3, 0.4) is 0 Å². The minimum Gasteiger partial charge on any atom is -0.313 e. The van der Waals surface area contributed by atoms with Crippen molar-refractivity contribution in [2.24, 2.45) is 0 Å². The lowest BCUT2D eigenvalue weighted by molar-refractivity contribution is -0.253. The lowest BCUT2D eigenvalue weighted by atomic mass is 9.74. The minimum absolute atomic E-state index is 0.183. The average molecular weight is 340 g/mol. The molecule has 1 N–H and O–H groups in total. The molecule has 4 nitrogen and oxygen atoms in total. The standard InChI is InChI=1S/C20H41N3O/c1-17(2)11-15(12-18(3,4)22(17)10)21(9)16-13-19(5,6)23(24)20(7,8)14-16/h15-16,24H,11-14H2,1-10H3. The second-order valence-corrected chi connectivity index (χ2v) is 10.9. The summed E-state index contributed by atoms with van der Waals surface area (Å²) in [5.41, 5.74) is 0.0567. The Balaban J connectivity index is 2.21. The van der Waals surface area contributed by atoms with Crippen LogP contribution in [0.25, 0.3) is 0 Å². The number of hydrogen-bond acceptors (Lipinski definition) is 4. The molecular weight excluding hydrogens is 298 g/mol. The highest BCUT2D eigenvalue weighted by molar-refractivity contribution is 5.04. The first kappa shape index (κ1) is 20.2. The lowest BCUT2D eigenvalue weighted by Gasteiger charge is -2.58. The SMILES string of the molecule is CN(C1CC(C)(C)N(C)C(C)(C)C1)C1CC(C)(C)N(O)C(C)(C)C1. The van der Waals surface area contributed by atoms with Gasteiger partial charge in [0, 0.05) is 34.2 Å². The molecule has 0 aromatic heterocycles. The van der Waals surface area contributed by atoms with Crippen LogP contribution in [0.4, 0.5) is 0 Å². The van der Waals surface area contributed by atoms with E-state index in [9.17, 15) is 5.21 Å². The van der Waals surface area contributed by atoms with Gasteiger partial charge >= 0.3 is 0 Å². The molecule has 0 bridgehead atoms. The Morgan fingerprint density at radius 1 is 0.708 bits per heavy atom. The largest absolute Gasteiger partial charge is 0.313 e. The van der Waals surface area contributed by atoms with Gasteiger partial charge in [-0.2, -0.15) is 5.06 Å². The van der Waals surface area contributed by atoms with Crippen molar-refractivity contribution in [3.8, 4) is 0 Å². The molecule has 0 unspecified atom stereocenters. The van der Waals surface area contributed by atoms with Crippen molar-refractivity contribution >= 4 is 0 Å². The van der Waals surface area contributed by atoms with Crippen LogP contribution >= 0.6 is 0 Å². The maximum Gasteiger partial charge on any atom is 0.0425 e. The first-order valence-corrected chi connectivity index (χ1v) is 9.55. The molecule has 2 aliphatic heterocycles. The minimum atomic E-state index is -0.183. The Bertz CT molecular complexity index is 392. The van der Waals surface area contributed by atoms with E-state index < -0.39 is 0 Å². The van der Waals surface area contributed by atoms with Gasteiger partial charge in [-0.25, -0.2) is 0 Å². The average Bonchev–Trinajstić information content (AvgIpc) is 2.39. The zero-order valence-corrected chi connectivity index (χ0v) is 17.8. The third kappa shape index (κ3) is 3.53. The molecule has 0 aromatic carbocycles. The van der Waals surface area contributed by atoms with Crippen molar-refractivity contribution in [1.82, 2.24) is 14.9 Å². The van der Waals surface area contributed by atoms with Gasteiger partial charge < -0.3 is 10.1 Å². The van der Waals surface area contributed by atoms with E-state index in [1.807, 2.05) is 0 Å². The summed E-state index contributed by atoms with van der Waals surface area (Å²) in [6.45, 7) is 18.2. The molecule has 2 aliphatic rings. The fourth-order valence-corrected chi connectivity index (χ4v) is 5.41. The zero-order chi connectivity index (χ0) is 18.7. The van der Waals surface area contributed by atoms with E-state index in [1.165, 1.54) is 12.8 Å². The summed E-state index contributed by atoms with van der Waals surface area (Å²) in [5.74, 6) is 0.